The predicted molar refractivity (Wildman–Crippen MR) is 66.8 cm³/mol. The lowest BCUT2D eigenvalue weighted by molar-refractivity contribution is 0.456. The molecule has 0 amide bonds. The number of rotatable bonds is 1. The number of benzene rings is 1. The van der Waals surface area contributed by atoms with Crippen LogP contribution in [0.4, 0.5) is 0 Å². The topological polar surface area (TPSA) is 56.7 Å². The number of aryl methyl sites for hydroxylation is 1. The highest BCUT2D eigenvalue weighted by Crippen LogP contribution is 2.24. The molecule has 1 aliphatic rings. The summed E-state index contributed by atoms with van der Waals surface area (Å²) < 4.78 is 2.10. The first-order chi connectivity index (χ1) is 8.24. The molecule has 2 heterocycles. The van der Waals surface area contributed by atoms with Crippen LogP contribution in [-0.2, 0) is 13.0 Å². The Kier molecular flexibility index (Phi) is 2.61. The minimum atomic E-state index is 0.191. The van der Waals surface area contributed by atoms with E-state index in [1.54, 1.807) is 0 Å². The van der Waals surface area contributed by atoms with E-state index in [0.29, 0.717) is 5.02 Å². The number of nitrogens with two attached hydrogens (primary N) is 1. The molecule has 0 fully saturated rings. The van der Waals surface area contributed by atoms with E-state index in [0.717, 1.165) is 36.6 Å². The van der Waals surface area contributed by atoms with Crippen LogP contribution in [0.5, 0.6) is 0 Å². The Bertz CT molecular complexity index is 549. The van der Waals surface area contributed by atoms with Crippen molar-refractivity contribution in [3.05, 3.63) is 35.1 Å². The van der Waals surface area contributed by atoms with E-state index in [4.69, 9.17) is 17.3 Å². The van der Waals surface area contributed by atoms with Gasteiger partial charge in [-0.2, -0.15) is 0 Å². The van der Waals surface area contributed by atoms with Crippen LogP contribution >= 0.6 is 11.6 Å². The van der Waals surface area contributed by atoms with Crippen molar-refractivity contribution in [3.8, 4) is 11.4 Å². The molecule has 2 N–H and O–H groups in total. The van der Waals surface area contributed by atoms with Crippen LogP contribution in [0.2, 0.25) is 5.02 Å². The molecule has 2 aromatic rings. The third kappa shape index (κ3) is 1.94. The highest BCUT2D eigenvalue weighted by Gasteiger charge is 2.21. The number of aromatic nitrogens is 3. The van der Waals surface area contributed by atoms with Crippen LogP contribution in [-0.4, -0.2) is 20.8 Å². The second-order valence-electron chi connectivity index (χ2n) is 4.36. The minimum Gasteiger partial charge on any atom is -0.326 e. The summed E-state index contributed by atoms with van der Waals surface area (Å²) in [6.07, 6.45) is 1.88. The van der Waals surface area contributed by atoms with Crippen LogP contribution in [0.1, 0.15) is 12.2 Å². The summed E-state index contributed by atoms with van der Waals surface area (Å²) in [5, 5.41) is 9.16. The van der Waals surface area contributed by atoms with Gasteiger partial charge in [0.05, 0.1) is 0 Å². The Balaban J connectivity index is 2.07. The first kappa shape index (κ1) is 10.7. The van der Waals surface area contributed by atoms with Gasteiger partial charge in [-0.1, -0.05) is 23.7 Å². The van der Waals surface area contributed by atoms with E-state index in [2.05, 4.69) is 14.8 Å². The second kappa shape index (κ2) is 4.13. The predicted octanol–water partition coefficient (Wildman–Crippen LogP) is 1.87. The van der Waals surface area contributed by atoms with Crippen LogP contribution in [0.3, 0.4) is 0 Å². The maximum atomic E-state index is 5.99. The van der Waals surface area contributed by atoms with Crippen LogP contribution < -0.4 is 5.73 Å². The fourth-order valence-corrected chi connectivity index (χ4v) is 2.38. The van der Waals surface area contributed by atoms with Gasteiger partial charge in [0.15, 0.2) is 5.82 Å². The van der Waals surface area contributed by atoms with Crippen molar-refractivity contribution in [3.63, 3.8) is 0 Å². The summed E-state index contributed by atoms with van der Waals surface area (Å²) in [6.45, 7) is 0.782. The molecule has 17 heavy (non-hydrogen) atoms. The molecule has 1 aromatic carbocycles. The second-order valence-corrected chi connectivity index (χ2v) is 4.80. The third-order valence-corrected chi connectivity index (χ3v) is 3.30. The van der Waals surface area contributed by atoms with Crippen molar-refractivity contribution in [2.45, 2.75) is 25.4 Å². The van der Waals surface area contributed by atoms with E-state index in [1.807, 2.05) is 24.3 Å². The number of fused-ring (bicyclic) bond motifs is 1. The average Bonchev–Trinajstić information content (AvgIpc) is 2.71. The SMILES string of the molecule is NC1CCc2nnc(-c3cccc(Cl)c3)n2C1. The molecule has 0 aliphatic carbocycles. The van der Waals surface area contributed by atoms with Gasteiger partial charge in [0.2, 0.25) is 0 Å². The van der Waals surface area contributed by atoms with Crippen molar-refractivity contribution >= 4 is 11.6 Å². The molecule has 88 valence electrons. The maximum absolute atomic E-state index is 5.99. The molecular formula is C12H13ClN4. The lowest BCUT2D eigenvalue weighted by atomic mass is 10.1. The normalized spacial score (nSPS) is 19.1. The van der Waals surface area contributed by atoms with Crippen LogP contribution in [0.25, 0.3) is 11.4 Å². The van der Waals surface area contributed by atoms with Crippen molar-refractivity contribution in [2.75, 3.05) is 0 Å². The third-order valence-electron chi connectivity index (χ3n) is 3.07. The van der Waals surface area contributed by atoms with Crippen molar-refractivity contribution < 1.29 is 0 Å². The number of halogens is 1. The van der Waals surface area contributed by atoms with Gasteiger partial charge in [-0.15, -0.1) is 10.2 Å². The zero-order chi connectivity index (χ0) is 11.8. The van der Waals surface area contributed by atoms with E-state index in [9.17, 15) is 0 Å². The molecule has 3 rings (SSSR count). The smallest absolute Gasteiger partial charge is 0.164 e. The number of hydrogen-bond donors (Lipinski definition) is 1. The molecule has 1 unspecified atom stereocenters. The van der Waals surface area contributed by atoms with Crippen molar-refractivity contribution in [1.29, 1.82) is 0 Å². The highest BCUT2D eigenvalue weighted by atomic mass is 35.5. The first-order valence-electron chi connectivity index (χ1n) is 5.67. The van der Waals surface area contributed by atoms with Crippen molar-refractivity contribution in [2.24, 2.45) is 5.73 Å². The largest absolute Gasteiger partial charge is 0.326 e. The standard InChI is InChI=1S/C12H13ClN4/c13-9-3-1-2-8(6-9)12-16-15-11-5-4-10(14)7-17(11)12/h1-3,6,10H,4-5,7,14H2. The first-order valence-corrected chi connectivity index (χ1v) is 6.05. The molecule has 1 atom stereocenters. The molecule has 5 heteroatoms. The zero-order valence-corrected chi connectivity index (χ0v) is 10.1. The fraction of sp³-hybridized carbons (Fsp3) is 0.333. The Morgan fingerprint density at radius 1 is 1.35 bits per heavy atom. The van der Waals surface area contributed by atoms with Crippen LogP contribution in [0, 0.1) is 0 Å². The Hall–Kier alpha value is -1.39. The molecule has 0 radical (unpaired) electrons. The van der Waals surface area contributed by atoms with E-state index in [1.165, 1.54) is 0 Å². The highest BCUT2D eigenvalue weighted by molar-refractivity contribution is 6.30. The number of nitrogens with zero attached hydrogens (tertiary/aromatic N) is 3. The Morgan fingerprint density at radius 3 is 3.06 bits per heavy atom. The Labute approximate surface area is 104 Å². The summed E-state index contributed by atoms with van der Waals surface area (Å²) >= 11 is 5.99. The molecule has 1 aliphatic heterocycles. The van der Waals surface area contributed by atoms with Gasteiger partial charge in [0.1, 0.15) is 5.82 Å². The van der Waals surface area contributed by atoms with Gasteiger partial charge in [0, 0.05) is 29.6 Å². The number of hydrogen-bond acceptors (Lipinski definition) is 3. The van der Waals surface area contributed by atoms with Gasteiger partial charge in [-0.05, 0) is 18.6 Å². The zero-order valence-electron chi connectivity index (χ0n) is 9.31. The van der Waals surface area contributed by atoms with Gasteiger partial charge < -0.3 is 10.3 Å². The quantitative estimate of drug-likeness (QED) is 0.838. The van der Waals surface area contributed by atoms with E-state index < -0.39 is 0 Å². The van der Waals surface area contributed by atoms with Crippen LogP contribution in [0.15, 0.2) is 24.3 Å². The van der Waals surface area contributed by atoms with Gasteiger partial charge in [0.25, 0.3) is 0 Å². The van der Waals surface area contributed by atoms with E-state index >= 15 is 0 Å². The minimum absolute atomic E-state index is 0.191. The molecular weight excluding hydrogens is 236 g/mol. The molecule has 0 spiro atoms. The van der Waals surface area contributed by atoms with Crippen molar-refractivity contribution in [1.82, 2.24) is 14.8 Å². The Morgan fingerprint density at radius 2 is 2.24 bits per heavy atom. The van der Waals surface area contributed by atoms with Gasteiger partial charge in [-0.3, -0.25) is 0 Å². The summed E-state index contributed by atoms with van der Waals surface area (Å²) in [4.78, 5) is 0. The van der Waals surface area contributed by atoms with E-state index in [-0.39, 0.29) is 6.04 Å². The maximum Gasteiger partial charge on any atom is 0.164 e. The summed E-state index contributed by atoms with van der Waals surface area (Å²) in [6, 6.07) is 7.85. The summed E-state index contributed by atoms with van der Waals surface area (Å²) in [5.41, 5.74) is 6.97. The lowest BCUT2D eigenvalue weighted by Gasteiger charge is -2.20. The fourth-order valence-electron chi connectivity index (χ4n) is 2.19. The summed E-state index contributed by atoms with van der Waals surface area (Å²) in [7, 11) is 0. The monoisotopic (exact) mass is 248 g/mol. The summed E-state index contributed by atoms with van der Waals surface area (Å²) in [5.74, 6) is 1.87. The molecule has 0 saturated carbocycles. The molecule has 0 bridgehead atoms. The average molecular weight is 249 g/mol. The molecule has 0 saturated heterocycles. The van der Waals surface area contributed by atoms with Gasteiger partial charge in [-0.25, -0.2) is 0 Å². The molecule has 4 nitrogen and oxygen atoms in total. The molecule has 1 aromatic heterocycles. The van der Waals surface area contributed by atoms with Gasteiger partial charge >= 0.3 is 0 Å². The lowest BCUT2D eigenvalue weighted by Crippen LogP contribution is -2.32.